The minimum Gasteiger partial charge on any atom is -0.390 e. The zero-order chi connectivity index (χ0) is 16.4. The van der Waals surface area contributed by atoms with Crippen LogP contribution in [0.15, 0.2) is 24.3 Å². The Bertz CT molecular complexity index is 566. The SMILES string of the molecule is O=C1C2CCCCC2C(=O)N1c1ccc(NCC(O)CCl)cc1. The van der Waals surface area contributed by atoms with Gasteiger partial charge in [0.1, 0.15) is 0 Å². The summed E-state index contributed by atoms with van der Waals surface area (Å²) in [6.07, 6.45) is 3.09. The highest BCUT2D eigenvalue weighted by molar-refractivity contribution is 6.22. The molecule has 23 heavy (non-hydrogen) atoms. The van der Waals surface area contributed by atoms with E-state index in [2.05, 4.69) is 5.32 Å². The number of benzene rings is 1. The van der Waals surface area contributed by atoms with Crippen molar-refractivity contribution in [3.05, 3.63) is 24.3 Å². The molecule has 1 aromatic rings. The van der Waals surface area contributed by atoms with Crippen molar-refractivity contribution in [3.63, 3.8) is 0 Å². The van der Waals surface area contributed by atoms with Gasteiger partial charge >= 0.3 is 0 Å². The number of carbonyl (C=O) groups is 2. The van der Waals surface area contributed by atoms with Crippen LogP contribution in [0.2, 0.25) is 0 Å². The van der Waals surface area contributed by atoms with Gasteiger partial charge in [-0.3, -0.25) is 14.5 Å². The van der Waals surface area contributed by atoms with Crippen LogP contribution in [0.4, 0.5) is 11.4 Å². The highest BCUT2D eigenvalue weighted by atomic mass is 35.5. The Morgan fingerprint density at radius 1 is 1.13 bits per heavy atom. The predicted molar refractivity (Wildman–Crippen MR) is 89.6 cm³/mol. The number of anilines is 2. The lowest BCUT2D eigenvalue weighted by Gasteiger charge is -2.19. The molecule has 124 valence electrons. The number of halogens is 1. The molecule has 1 aliphatic heterocycles. The minimum absolute atomic E-state index is 0.0574. The Labute approximate surface area is 140 Å². The largest absolute Gasteiger partial charge is 0.390 e. The Morgan fingerprint density at radius 2 is 1.70 bits per heavy atom. The van der Waals surface area contributed by atoms with Gasteiger partial charge in [0, 0.05) is 12.2 Å². The first-order chi connectivity index (χ1) is 11.1. The first-order valence-corrected chi connectivity index (χ1v) is 8.61. The number of amides is 2. The number of alkyl halides is 1. The summed E-state index contributed by atoms with van der Waals surface area (Å²) in [5, 5.41) is 12.5. The number of rotatable bonds is 5. The van der Waals surface area contributed by atoms with Crippen molar-refractivity contribution in [1.29, 1.82) is 0 Å². The fourth-order valence-electron chi connectivity index (χ4n) is 3.44. The number of fused-ring (bicyclic) bond motifs is 1. The molecule has 2 fully saturated rings. The molecule has 3 atom stereocenters. The van der Waals surface area contributed by atoms with Gasteiger partial charge in [0.05, 0.1) is 29.5 Å². The van der Waals surface area contributed by atoms with Gasteiger partial charge in [-0.05, 0) is 37.1 Å². The summed E-state index contributed by atoms with van der Waals surface area (Å²) in [6, 6.07) is 7.14. The molecule has 1 aliphatic carbocycles. The van der Waals surface area contributed by atoms with Crippen LogP contribution in [0.1, 0.15) is 25.7 Å². The molecule has 3 rings (SSSR count). The number of hydrogen-bond acceptors (Lipinski definition) is 4. The number of hydrogen-bond donors (Lipinski definition) is 2. The Balaban J connectivity index is 1.71. The number of imide groups is 1. The zero-order valence-corrected chi connectivity index (χ0v) is 13.6. The van der Waals surface area contributed by atoms with Crippen molar-refractivity contribution in [2.75, 3.05) is 22.6 Å². The standard InChI is InChI=1S/C17H21ClN2O3/c18-9-13(21)10-19-11-5-7-12(8-6-11)20-16(22)14-3-1-2-4-15(14)17(20)23/h5-8,13-15,19,21H,1-4,9-10H2. The summed E-state index contributed by atoms with van der Waals surface area (Å²) < 4.78 is 0. The van der Waals surface area contributed by atoms with Crippen LogP contribution in [0.25, 0.3) is 0 Å². The third-order valence-corrected chi connectivity index (χ3v) is 5.04. The molecule has 0 radical (unpaired) electrons. The molecule has 0 bridgehead atoms. The second-order valence-corrected chi connectivity index (χ2v) is 6.55. The van der Waals surface area contributed by atoms with Crippen LogP contribution in [-0.2, 0) is 9.59 Å². The number of carbonyl (C=O) groups excluding carboxylic acids is 2. The monoisotopic (exact) mass is 336 g/mol. The molecule has 3 unspecified atom stereocenters. The molecule has 0 aromatic heterocycles. The number of aliphatic hydroxyl groups is 1. The maximum atomic E-state index is 12.5. The van der Waals surface area contributed by atoms with E-state index in [9.17, 15) is 14.7 Å². The molecule has 1 heterocycles. The lowest BCUT2D eigenvalue weighted by molar-refractivity contribution is -0.122. The van der Waals surface area contributed by atoms with Crippen molar-refractivity contribution in [2.45, 2.75) is 31.8 Å². The molecular weight excluding hydrogens is 316 g/mol. The van der Waals surface area contributed by atoms with Crippen LogP contribution in [-0.4, -0.2) is 35.4 Å². The van der Waals surface area contributed by atoms with Gasteiger partial charge in [-0.25, -0.2) is 0 Å². The molecule has 1 saturated heterocycles. The summed E-state index contributed by atoms with van der Waals surface area (Å²) in [5.74, 6) is -0.207. The topological polar surface area (TPSA) is 69.6 Å². The molecule has 5 nitrogen and oxygen atoms in total. The van der Waals surface area contributed by atoms with Gasteiger partial charge in [0.2, 0.25) is 11.8 Å². The second-order valence-electron chi connectivity index (χ2n) is 6.25. The molecule has 1 saturated carbocycles. The number of nitrogens with zero attached hydrogens (tertiary/aromatic N) is 1. The quantitative estimate of drug-likeness (QED) is 0.640. The fourth-order valence-corrected chi connectivity index (χ4v) is 3.54. The van der Waals surface area contributed by atoms with Crippen molar-refractivity contribution >= 4 is 34.8 Å². The van der Waals surface area contributed by atoms with Crippen LogP contribution < -0.4 is 10.2 Å². The predicted octanol–water partition coefficient (Wildman–Crippen LogP) is 2.38. The first kappa shape index (κ1) is 16.3. The Morgan fingerprint density at radius 3 is 2.22 bits per heavy atom. The van der Waals surface area contributed by atoms with E-state index in [0.29, 0.717) is 12.2 Å². The van der Waals surface area contributed by atoms with Crippen LogP contribution in [0, 0.1) is 11.8 Å². The Kier molecular flexibility index (Phi) is 4.87. The third kappa shape index (κ3) is 3.21. The maximum Gasteiger partial charge on any atom is 0.237 e. The third-order valence-electron chi connectivity index (χ3n) is 4.69. The van der Waals surface area contributed by atoms with Crippen molar-refractivity contribution in [3.8, 4) is 0 Å². The zero-order valence-electron chi connectivity index (χ0n) is 12.9. The van der Waals surface area contributed by atoms with Crippen LogP contribution >= 0.6 is 11.6 Å². The molecule has 2 N–H and O–H groups in total. The normalized spacial score (nSPS) is 25.4. The minimum atomic E-state index is -0.610. The summed E-state index contributed by atoms with van der Waals surface area (Å²) >= 11 is 5.55. The van der Waals surface area contributed by atoms with E-state index in [-0.39, 0.29) is 29.5 Å². The molecule has 0 spiro atoms. The van der Waals surface area contributed by atoms with E-state index in [4.69, 9.17) is 11.6 Å². The van der Waals surface area contributed by atoms with Gasteiger partial charge < -0.3 is 10.4 Å². The van der Waals surface area contributed by atoms with Crippen molar-refractivity contribution in [2.24, 2.45) is 11.8 Å². The molecule has 6 heteroatoms. The maximum absolute atomic E-state index is 12.5. The first-order valence-electron chi connectivity index (χ1n) is 8.07. The molecular formula is C17H21ClN2O3. The lowest BCUT2D eigenvalue weighted by atomic mass is 9.81. The molecule has 1 aromatic carbocycles. The average molecular weight is 337 g/mol. The average Bonchev–Trinajstić information content (AvgIpc) is 2.85. The summed E-state index contributed by atoms with van der Waals surface area (Å²) in [7, 11) is 0. The van der Waals surface area contributed by atoms with E-state index < -0.39 is 6.10 Å². The molecule has 2 amide bonds. The van der Waals surface area contributed by atoms with E-state index in [1.54, 1.807) is 24.3 Å². The van der Waals surface area contributed by atoms with Crippen molar-refractivity contribution < 1.29 is 14.7 Å². The lowest BCUT2D eigenvalue weighted by Crippen LogP contribution is -2.30. The van der Waals surface area contributed by atoms with Crippen LogP contribution in [0.5, 0.6) is 0 Å². The smallest absolute Gasteiger partial charge is 0.237 e. The number of aliphatic hydroxyl groups excluding tert-OH is 1. The summed E-state index contributed by atoms with van der Waals surface area (Å²) in [5.41, 5.74) is 1.44. The van der Waals surface area contributed by atoms with E-state index in [1.165, 1.54) is 4.90 Å². The fraction of sp³-hybridized carbons (Fsp3) is 0.529. The van der Waals surface area contributed by atoms with Crippen LogP contribution in [0.3, 0.4) is 0 Å². The molecule has 2 aliphatic rings. The van der Waals surface area contributed by atoms with Crippen molar-refractivity contribution in [1.82, 2.24) is 0 Å². The van der Waals surface area contributed by atoms with Gasteiger partial charge in [0.15, 0.2) is 0 Å². The summed E-state index contributed by atoms with van der Waals surface area (Å²) in [6.45, 7) is 0.356. The summed E-state index contributed by atoms with van der Waals surface area (Å²) in [4.78, 5) is 26.4. The van der Waals surface area contributed by atoms with Gasteiger partial charge in [0.25, 0.3) is 0 Å². The van der Waals surface area contributed by atoms with E-state index in [0.717, 1.165) is 31.4 Å². The number of nitrogens with one attached hydrogen (secondary N) is 1. The van der Waals surface area contributed by atoms with Gasteiger partial charge in [-0.2, -0.15) is 0 Å². The second kappa shape index (κ2) is 6.89. The highest BCUT2D eigenvalue weighted by Gasteiger charge is 2.48. The van der Waals surface area contributed by atoms with Gasteiger partial charge in [-0.15, -0.1) is 11.6 Å². The van der Waals surface area contributed by atoms with Gasteiger partial charge in [-0.1, -0.05) is 12.8 Å². The van der Waals surface area contributed by atoms with E-state index >= 15 is 0 Å². The Hall–Kier alpha value is -1.59. The highest BCUT2D eigenvalue weighted by Crippen LogP contribution is 2.40. The van der Waals surface area contributed by atoms with E-state index in [1.807, 2.05) is 0 Å².